The van der Waals surface area contributed by atoms with Gasteiger partial charge in [0.2, 0.25) is 0 Å². The highest BCUT2D eigenvalue weighted by atomic mass is 32.2. The summed E-state index contributed by atoms with van der Waals surface area (Å²) in [5, 5.41) is 17.0. The number of hydrogen-bond donors (Lipinski definition) is 1. The molecule has 0 amide bonds. The summed E-state index contributed by atoms with van der Waals surface area (Å²) in [6, 6.07) is 1.31. The lowest BCUT2D eigenvalue weighted by atomic mass is 10.3. The summed E-state index contributed by atoms with van der Waals surface area (Å²) in [5.74, 6) is -0.928. The number of carboxylic acid groups (broad SMARTS) is 1. The van der Waals surface area contributed by atoms with Crippen LogP contribution in [-0.4, -0.2) is 36.6 Å². The lowest BCUT2D eigenvalue weighted by Crippen LogP contribution is -2.05. The molecule has 8 heteroatoms. The summed E-state index contributed by atoms with van der Waals surface area (Å²) in [4.78, 5) is 14.4. The number of carboxylic acids is 1. The van der Waals surface area contributed by atoms with Crippen LogP contribution in [0.1, 0.15) is 12.7 Å². The van der Waals surface area contributed by atoms with Crippen molar-refractivity contribution in [3.8, 4) is 5.69 Å². The molecule has 0 aromatic carbocycles. The maximum absolute atomic E-state index is 13.2. The summed E-state index contributed by atoms with van der Waals surface area (Å²) in [6.45, 7) is 1.89. The van der Waals surface area contributed by atoms with Gasteiger partial charge in [0.15, 0.2) is 5.16 Å². The first-order chi connectivity index (χ1) is 9.11. The molecule has 0 fully saturated rings. The molecule has 0 spiro atoms. The Bertz CT molecular complexity index is 602. The van der Waals surface area contributed by atoms with Gasteiger partial charge in [-0.2, -0.15) is 0 Å². The zero-order valence-corrected chi connectivity index (χ0v) is 10.9. The Kier molecular flexibility index (Phi) is 4.10. The minimum absolute atomic E-state index is 0.134. The zero-order valence-electron chi connectivity index (χ0n) is 10.1. The predicted octanol–water partition coefficient (Wildman–Crippen LogP) is 1.54. The minimum atomic E-state index is -0.949. The molecule has 19 heavy (non-hydrogen) atoms. The van der Waals surface area contributed by atoms with E-state index in [2.05, 4.69) is 15.2 Å². The zero-order chi connectivity index (χ0) is 13.8. The monoisotopic (exact) mass is 282 g/mol. The normalized spacial score (nSPS) is 10.6. The van der Waals surface area contributed by atoms with Gasteiger partial charge in [-0.05, 0) is 0 Å². The molecular weight excluding hydrogens is 271 g/mol. The summed E-state index contributed by atoms with van der Waals surface area (Å²) in [7, 11) is 0. The number of thioether (sulfide) groups is 1. The second-order valence-corrected chi connectivity index (χ2v) is 4.57. The smallest absolute Gasteiger partial charge is 0.313 e. The van der Waals surface area contributed by atoms with Gasteiger partial charge in [-0.15, -0.1) is 10.2 Å². The molecular formula is C11H11FN4O2S. The third-order valence-electron chi connectivity index (χ3n) is 2.29. The maximum Gasteiger partial charge on any atom is 0.313 e. The van der Waals surface area contributed by atoms with E-state index in [-0.39, 0.29) is 5.75 Å². The molecule has 6 nitrogen and oxygen atoms in total. The lowest BCUT2D eigenvalue weighted by Gasteiger charge is -2.08. The van der Waals surface area contributed by atoms with Crippen LogP contribution in [0.4, 0.5) is 4.39 Å². The van der Waals surface area contributed by atoms with Gasteiger partial charge in [0, 0.05) is 12.5 Å². The first kappa shape index (κ1) is 13.5. The van der Waals surface area contributed by atoms with Crippen LogP contribution in [0.2, 0.25) is 0 Å². The average Bonchev–Trinajstić information content (AvgIpc) is 2.79. The average molecular weight is 282 g/mol. The van der Waals surface area contributed by atoms with Crippen molar-refractivity contribution in [3.63, 3.8) is 0 Å². The summed E-state index contributed by atoms with van der Waals surface area (Å²) in [6.07, 6.45) is 3.18. The third kappa shape index (κ3) is 3.08. The molecule has 0 aliphatic carbocycles. The quantitative estimate of drug-likeness (QED) is 0.838. The fraction of sp³-hybridized carbons (Fsp3) is 0.273. The third-order valence-corrected chi connectivity index (χ3v) is 3.20. The number of aromatic nitrogens is 4. The Morgan fingerprint density at radius 3 is 2.89 bits per heavy atom. The topological polar surface area (TPSA) is 80.9 Å². The van der Waals surface area contributed by atoms with Crippen LogP contribution in [0, 0.1) is 5.82 Å². The molecule has 0 aliphatic heterocycles. The molecule has 2 rings (SSSR count). The Balaban J connectivity index is 2.41. The van der Waals surface area contributed by atoms with Gasteiger partial charge < -0.3 is 5.11 Å². The van der Waals surface area contributed by atoms with Crippen molar-refractivity contribution in [3.05, 3.63) is 30.1 Å². The molecule has 0 saturated carbocycles. The van der Waals surface area contributed by atoms with Gasteiger partial charge in [-0.25, -0.2) is 4.39 Å². The minimum Gasteiger partial charge on any atom is -0.481 e. The second kappa shape index (κ2) is 5.79. The number of halogens is 1. The summed E-state index contributed by atoms with van der Waals surface area (Å²) >= 11 is 1.03. The molecule has 2 aromatic heterocycles. The lowest BCUT2D eigenvalue weighted by molar-refractivity contribution is -0.133. The van der Waals surface area contributed by atoms with Crippen molar-refractivity contribution >= 4 is 17.7 Å². The molecule has 2 aromatic rings. The van der Waals surface area contributed by atoms with Crippen LogP contribution >= 0.6 is 11.8 Å². The Morgan fingerprint density at radius 1 is 1.47 bits per heavy atom. The highest BCUT2D eigenvalue weighted by molar-refractivity contribution is 7.99. The van der Waals surface area contributed by atoms with Crippen LogP contribution in [0.3, 0.4) is 0 Å². The summed E-state index contributed by atoms with van der Waals surface area (Å²) in [5.41, 5.74) is 0.481. The first-order valence-electron chi connectivity index (χ1n) is 5.51. The van der Waals surface area contributed by atoms with Gasteiger partial charge in [0.1, 0.15) is 11.6 Å². The van der Waals surface area contributed by atoms with Crippen LogP contribution in [0.15, 0.2) is 23.6 Å². The van der Waals surface area contributed by atoms with E-state index >= 15 is 0 Å². The van der Waals surface area contributed by atoms with Crippen molar-refractivity contribution < 1.29 is 14.3 Å². The van der Waals surface area contributed by atoms with Crippen molar-refractivity contribution in [2.45, 2.75) is 18.5 Å². The first-order valence-corrected chi connectivity index (χ1v) is 6.50. The van der Waals surface area contributed by atoms with E-state index in [0.717, 1.165) is 18.0 Å². The van der Waals surface area contributed by atoms with Crippen LogP contribution in [-0.2, 0) is 11.2 Å². The van der Waals surface area contributed by atoms with E-state index in [4.69, 9.17) is 5.11 Å². The van der Waals surface area contributed by atoms with E-state index in [9.17, 15) is 9.18 Å². The molecule has 0 saturated heterocycles. The SMILES string of the molecule is CCc1nnc(SCC(=O)O)n1-c1cncc(F)c1. The van der Waals surface area contributed by atoms with Gasteiger partial charge in [-0.1, -0.05) is 18.7 Å². The molecule has 0 aliphatic rings. The number of aliphatic carboxylic acids is 1. The van der Waals surface area contributed by atoms with Crippen molar-refractivity contribution in [1.82, 2.24) is 19.7 Å². The highest BCUT2D eigenvalue weighted by Crippen LogP contribution is 2.22. The molecule has 0 radical (unpaired) electrons. The number of rotatable bonds is 5. The van der Waals surface area contributed by atoms with Crippen LogP contribution < -0.4 is 0 Å². The Labute approximate surface area is 112 Å². The van der Waals surface area contributed by atoms with Gasteiger partial charge in [0.25, 0.3) is 0 Å². The second-order valence-electron chi connectivity index (χ2n) is 3.63. The number of hydrogen-bond acceptors (Lipinski definition) is 5. The predicted molar refractivity (Wildman–Crippen MR) is 66.8 cm³/mol. The largest absolute Gasteiger partial charge is 0.481 e. The van der Waals surface area contributed by atoms with Gasteiger partial charge in [0.05, 0.1) is 23.8 Å². The van der Waals surface area contributed by atoms with Gasteiger partial charge >= 0.3 is 5.97 Å². The van der Waals surface area contributed by atoms with E-state index in [1.165, 1.54) is 12.3 Å². The molecule has 2 heterocycles. The van der Waals surface area contributed by atoms with Crippen LogP contribution in [0.5, 0.6) is 0 Å². The van der Waals surface area contributed by atoms with E-state index in [1.807, 2.05) is 6.92 Å². The van der Waals surface area contributed by atoms with Crippen molar-refractivity contribution in [2.75, 3.05) is 5.75 Å². The standard InChI is InChI=1S/C11H11FN4O2S/c1-2-9-14-15-11(19-6-10(17)18)16(9)8-3-7(12)4-13-5-8/h3-5H,2,6H2,1H3,(H,17,18). The van der Waals surface area contributed by atoms with E-state index in [1.54, 1.807) is 4.57 Å². The van der Waals surface area contributed by atoms with Crippen molar-refractivity contribution in [1.29, 1.82) is 0 Å². The number of carbonyl (C=O) groups is 1. The molecule has 0 atom stereocenters. The molecule has 100 valence electrons. The van der Waals surface area contributed by atoms with Crippen LogP contribution in [0.25, 0.3) is 5.69 Å². The van der Waals surface area contributed by atoms with Crippen molar-refractivity contribution in [2.24, 2.45) is 0 Å². The number of pyridine rings is 1. The number of aryl methyl sites for hydroxylation is 1. The Morgan fingerprint density at radius 2 is 2.26 bits per heavy atom. The molecule has 1 N–H and O–H groups in total. The van der Waals surface area contributed by atoms with E-state index < -0.39 is 11.8 Å². The molecule has 0 unspecified atom stereocenters. The maximum atomic E-state index is 13.2. The van der Waals surface area contributed by atoms with E-state index in [0.29, 0.717) is 23.1 Å². The highest BCUT2D eigenvalue weighted by Gasteiger charge is 2.15. The fourth-order valence-corrected chi connectivity index (χ4v) is 2.22. The van der Waals surface area contributed by atoms with Gasteiger partial charge in [-0.3, -0.25) is 14.3 Å². The summed E-state index contributed by atoms with van der Waals surface area (Å²) < 4.78 is 14.8. The Hall–Kier alpha value is -1.96. The number of nitrogens with zero attached hydrogens (tertiary/aromatic N) is 4. The fourth-order valence-electron chi connectivity index (χ4n) is 1.53. The molecule has 0 bridgehead atoms.